The highest BCUT2D eigenvalue weighted by atomic mass is 35.5. The third-order valence-corrected chi connectivity index (χ3v) is 6.68. The zero-order valence-electron chi connectivity index (χ0n) is 15.9. The van der Waals surface area contributed by atoms with E-state index in [0.29, 0.717) is 16.7 Å². The standard InChI is InChI=1S/C22H20ClNO3S/c1-12-8-14(9-13(2)20(12)23)27-11-17-16(10-25)19-21(24(17)3)15-6-4-5-7-18(15)28-22(19)26/h4-9,25H,10-11H2,1-3H3. The minimum Gasteiger partial charge on any atom is -0.487 e. The van der Waals surface area contributed by atoms with Gasteiger partial charge < -0.3 is 14.4 Å². The maximum absolute atomic E-state index is 12.8. The van der Waals surface area contributed by atoms with E-state index in [-0.39, 0.29) is 18.0 Å². The number of aliphatic hydroxyl groups is 1. The zero-order chi connectivity index (χ0) is 20.0. The molecule has 2 aromatic heterocycles. The second-order valence-electron chi connectivity index (χ2n) is 6.91. The highest BCUT2D eigenvalue weighted by molar-refractivity contribution is 7.17. The molecule has 0 saturated heterocycles. The lowest BCUT2D eigenvalue weighted by Gasteiger charge is -2.12. The lowest BCUT2D eigenvalue weighted by Crippen LogP contribution is -2.05. The third-order valence-electron chi connectivity index (χ3n) is 5.12. The Labute approximate surface area is 171 Å². The van der Waals surface area contributed by atoms with Crippen molar-refractivity contribution in [3.05, 3.63) is 73.3 Å². The molecule has 0 saturated carbocycles. The average Bonchev–Trinajstić information content (AvgIpc) is 2.97. The van der Waals surface area contributed by atoms with E-state index >= 15 is 0 Å². The molecule has 0 aliphatic rings. The minimum atomic E-state index is -0.213. The smallest absolute Gasteiger partial charge is 0.242 e. The summed E-state index contributed by atoms with van der Waals surface area (Å²) in [4.78, 5) is 12.8. The number of benzene rings is 2. The number of aliphatic hydroxyl groups excluding tert-OH is 1. The molecular weight excluding hydrogens is 394 g/mol. The van der Waals surface area contributed by atoms with E-state index in [1.54, 1.807) is 0 Å². The van der Waals surface area contributed by atoms with E-state index in [9.17, 15) is 9.90 Å². The number of nitrogens with zero attached hydrogens (tertiary/aromatic N) is 1. The Bertz CT molecular complexity index is 1250. The van der Waals surface area contributed by atoms with Gasteiger partial charge in [-0.1, -0.05) is 41.1 Å². The van der Waals surface area contributed by atoms with Gasteiger partial charge in [-0.2, -0.15) is 0 Å². The molecule has 0 spiro atoms. The fourth-order valence-electron chi connectivity index (χ4n) is 3.73. The largest absolute Gasteiger partial charge is 0.487 e. The first-order valence-corrected chi connectivity index (χ1v) is 10.1. The normalized spacial score (nSPS) is 11.5. The van der Waals surface area contributed by atoms with Crippen LogP contribution in [0.5, 0.6) is 5.75 Å². The fourth-order valence-corrected chi connectivity index (χ4v) is 4.78. The highest BCUT2D eigenvalue weighted by Gasteiger charge is 2.20. The summed E-state index contributed by atoms with van der Waals surface area (Å²) in [6, 6.07) is 11.6. The van der Waals surface area contributed by atoms with Crippen LogP contribution < -0.4 is 9.48 Å². The highest BCUT2D eigenvalue weighted by Crippen LogP contribution is 2.32. The van der Waals surface area contributed by atoms with Gasteiger partial charge in [0.2, 0.25) is 4.74 Å². The van der Waals surface area contributed by atoms with Crippen molar-refractivity contribution in [2.75, 3.05) is 0 Å². The maximum atomic E-state index is 12.8. The molecule has 4 aromatic rings. The summed E-state index contributed by atoms with van der Waals surface area (Å²) in [5, 5.41) is 12.3. The van der Waals surface area contributed by atoms with Crippen LogP contribution in [-0.2, 0) is 20.3 Å². The maximum Gasteiger partial charge on any atom is 0.242 e. The Kier molecular flexibility index (Phi) is 4.91. The summed E-state index contributed by atoms with van der Waals surface area (Å²) in [5.74, 6) is 0.712. The number of halogens is 1. The first kappa shape index (κ1) is 19.0. The van der Waals surface area contributed by atoms with E-state index in [1.807, 2.05) is 61.9 Å². The summed E-state index contributed by atoms with van der Waals surface area (Å²) in [6.45, 7) is 3.92. The van der Waals surface area contributed by atoms with Crippen molar-refractivity contribution < 1.29 is 9.84 Å². The SMILES string of the molecule is Cc1cc(OCc2c(CO)c3c(=O)sc4ccccc4c3n2C)cc(C)c1Cl. The molecule has 0 fully saturated rings. The van der Waals surface area contributed by atoms with Crippen LogP contribution in [0.15, 0.2) is 41.2 Å². The van der Waals surface area contributed by atoms with Crippen LogP contribution in [-0.4, -0.2) is 9.67 Å². The van der Waals surface area contributed by atoms with E-state index in [2.05, 4.69) is 0 Å². The van der Waals surface area contributed by atoms with Gasteiger partial charge >= 0.3 is 0 Å². The van der Waals surface area contributed by atoms with E-state index in [4.69, 9.17) is 16.3 Å². The zero-order valence-corrected chi connectivity index (χ0v) is 17.4. The molecule has 6 heteroatoms. The van der Waals surface area contributed by atoms with Crippen LogP contribution in [0.3, 0.4) is 0 Å². The Balaban J connectivity index is 1.85. The molecule has 1 N–H and O–H groups in total. The molecule has 28 heavy (non-hydrogen) atoms. The van der Waals surface area contributed by atoms with Gasteiger partial charge in [-0.3, -0.25) is 4.79 Å². The topological polar surface area (TPSA) is 51.5 Å². The van der Waals surface area contributed by atoms with Crippen LogP contribution in [0.1, 0.15) is 22.4 Å². The summed E-state index contributed by atoms with van der Waals surface area (Å²) < 4.78 is 8.88. The Morgan fingerprint density at radius 3 is 2.54 bits per heavy atom. The lowest BCUT2D eigenvalue weighted by molar-refractivity contribution is 0.267. The number of hydrogen-bond acceptors (Lipinski definition) is 4. The first-order valence-electron chi connectivity index (χ1n) is 8.94. The molecular formula is C22H20ClNO3S. The van der Waals surface area contributed by atoms with Gasteiger partial charge in [0.05, 0.1) is 23.2 Å². The van der Waals surface area contributed by atoms with Crippen molar-refractivity contribution in [3.63, 3.8) is 0 Å². The van der Waals surface area contributed by atoms with Crippen molar-refractivity contribution in [2.45, 2.75) is 27.1 Å². The lowest BCUT2D eigenvalue weighted by atomic mass is 10.1. The molecule has 0 amide bonds. The third kappa shape index (κ3) is 3.00. The number of rotatable bonds is 4. The van der Waals surface area contributed by atoms with Gasteiger partial charge in [0, 0.05) is 27.7 Å². The Hall–Kier alpha value is -2.34. The molecule has 2 heterocycles. The van der Waals surface area contributed by atoms with Crippen molar-refractivity contribution in [3.8, 4) is 5.75 Å². The summed E-state index contributed by atoms with van der Waals surface area (Å²) in [7, 11) is 1.91. The van der Waals surface area contributed by atoms with Crippen LogP contribution in [0.25, 0.3) is 21.0 Å². The van der Waals surface area contributed by atoms with Crippen LogP contribution >= 0.6 is 22.9 Å². The summed E-state index contributed by atoms with van der Waals surface area (Å²) in [6.07, 6.45) is 0. The van der Waals surface area contributed by atoms with Gasteiger partial charge in [0.15, 0.2) is 0 Å². The van der Waals surface area contributed by atoms with Gasteiger partial charge in [0.1, 0.15) is 12.4 Å². The molecule has 4 rings (SSSR count). The average molecular weight is 414 g/mol. The van der Waals surface area contributed by atoms with Crippen LogP contribution in [0, 0.1) is 13.8 Å². The fraction of sp³-hybridized carbons (Fsp3) is 0.227. The second kappa shape index (κ2) is 7.24. The van der Waals surface area contributed by atoms with Crippen LogP contribution in [0.2, 0.25) is 5.02 Å². The van der Waals surface area contributed by atoms with Crippen molar-refractivity contribution in [1.82, 2.24) is 4.57 Å². The van der Waals surface area contributed by atoms with Gasteiger partial charge in [-0.15, -0.1) is 0 Å². The van der Waals surface area contributed by atoms with E-state index in [1.165, 1.54) is 11.3 Å². The number of fused-ring (bicyclic) bond motifs is 3. The van der Waals surface area contributed by atoms with Gasteiger partial charge in [-0.05, 0) is 43.2 Å². The summed E-state index contributed by atoms with van der Waals surface area (Å²) in [5.41, 5.74) is 4.16. The van der Waals surface area contributed by atoms with Crippen molar-refractivity contribution in [2.24, 2.45) is 7.05 Å². The summed E-state index contributed by atoms with van der Waals surface area (Å²) >= 11 is 7.45. The van der Waals surface area contributed by atoms with Crippen molar-refractivity contribution >= 4 is 43.9 Å². The van der Waals surface area contributed by atoms with Gasteiger partial charge in [0.25, 0.3) is 0 Å². The molecule has 0 bridgehead atoms. The number of aryl methyl sites for hydroxylation is 3. The quantitative estimate of drug-likeness (QED) is 0.506. The molecule has 0 atom stereocenters. The van der Waals surface area contributed by atoms with Gasteiger partial charge in [-0.25, -0.2) is 0 Å². The Morgan fingerprint density at radius 1 is 1.18 bits per heavy atom. The van der Waals surface area contributed by atoms with Crippen LogP contribution in [0.4, 0.5) is 0 Å². The predicted molar refractivity (Wildman–Crippen MR) is 116 cm³/mol. The van der Waals surface area contributed by atoms with E-state index < -0.39 is 0 Å². The molecule has 144 valence electrons. The molecule has 0 aliphatic heterocycles. The number of aromatic nitrogens is 1. The molecule has 0 unspecified atom stereocenters. The molecule has 0 radical (unpaired) electrons. The predicted octanol–water partition coefficient (Wildman–Crippen LogP) is 5.09. The first-order chi connectivity index (χ1) is 13.4. The molecule has 2 aromatic carbocycles. The second-order valence-corrected chi connectivity index (χ2v) is 8.30. The Morgan fingerprint density at radius 2 is 1.86 bits per heavy atom. The molecule has 4 nitrogen and oxygen atoms in total. The number of hydrogen-bond donors (Lipinski definition) is 1. The molecule has 0 aliphatic carbocycles. The van der Waals surface area contributed by atoms with Crippen molar-refractivity contribution in [1.29, 1.82) is 0 Å². The number of ether oxygens (including phenoxy) is 1. The minimum absolute atomic E-state index is 0.0437. The van der Waals surface area contributed by atoms with E-state index in [0.717, 1.165) is 37.4 Å². The monoisotopic (exact) mass is 413 g/mol.